The monoisotopic (exact) mass is 374 g/mol. The fourth-order valence-electron chi connectivity index (χ4n) is 3.28. The molecule has 0 bridgehead atoms. The van der Waals surface area contributed by atoms with E-state index in [1.807, 2.05) is 16.5 Å². The lowest BCUT2D eigenvalue weighted by atomic mass is 10.2. The van der Waals surface area contributed by atoms with Crippen molar-refractivity contribution in [1.82, 2.24) is 29.4 Å². The van der Waals surface area contributed by atoms with E-state index >= 15 is 0 Å². The molecule has 0 saturated carbocycles. The molecule has 1 aliphatic rings. The van der Waals surface area contributed by atoms with Crippen LogP contribution >= 0.6 is 0 Å². The average molecular weight is 374 g/mol. The number of hydrogen-bond donors (Lipinski definition) is 1. The second-order valence-electron chi connectivity index (χ2n) is 6.75. The number of carboxylic acids is 1. The number of amides is 1. The van der Waals surface area contributed by atoms with Crippen LogP contribution in [0.2, 0.25) is 0 Å². The van der Waals surface area contributed by atoms with Crippen molar-refractivity contribution in [3.8, 4) is 0 Å². The number of aryl methyl sites for hydroxylation is 3. The quantitative estimate of drug-likeness (QED) is 0.771. The van der Waals surface area contributed by atoms with Gasteiger partial charge < -0.3 is 10.0 Å². The van der Waals surface area contributed by atoms with Crippen LogP contribution in [0.25, 0.3) is 0 Å². The van der Waals surface area contributed by atoms with Crippen LogP contribution in [-0.4, -0.2) is 72.5 Å². The SMILES string of the molecule is CCn1cc(CN2CCN(C(=O)c3ccnn3CCC(=O)O)CC2)c(C)n1. The third kappa shape index (κ3) is 4.54. The molecule has 0 atom stereocenters. The van der Waals surface area contributed by atoms with Crippen LogP contribution in [-0.2, 0) is 24.4 Å². The summed E-state index contributed by atoms with van der Waals surface area (Å²) in [6, 6.07) is 1.65. The summed E-state index contributed by atoms with van der Waals surface area (Å²) in [6.45, 7) is 8.87. The van der Waals surface area contributed by atoms with Crippen molar-refractivity contribution in [2.24, 2.45) is 0 Å². The van der Waals surface area contributed by atoms with Crippen LogP contribution < -0.4 is 0 Å². The molecule has 27 heavy (non-hydrogen) atoms. The Labute approximate surface area is 158 Å². The molecule has 146 valence electrons. The summed E-state index contributed by atoms with van der Waals surface area (Å²) in [5.41, 5.74) is 2.73. The Balaban J connectivity index is 1.56. The van der Waals surface area contributed by atoms with Gasteiger partial charge in [-0.25, -0.2) is 0 Å². The molecule has 0 aromatic carbocycles. The van der Waals surface area contributed by atoms with Gasteiger partial charge in [-0.1, -0.05) is 0 Å². The molecule has 3 rings (SSSR count). The van der Waals surface area contributed by atoms with Gasteiger partial charge in [-0.05, 0) is 19.9 Å². The molecule has 0 unspecified atom stereocenters. The van der Waals surface area contributed by atoms with Gasteiger partial charge in [0.2, 0.25) is 0 Å². The Hall–Kier alpha value is -2.68. The first-order valence-corrected chi connectivity index (χ1v) is 9.26. The van der Waals surface area contributed by atoms with Crippen LogP contribution in [0.3, 0.4) is 0 Å². The minimum absolute atomic E-state index is 0.0550. The van der Waals surface area contributed by atoms with Crippen molar-refractivity contribution in [1.29, 1.82) is 0 Å². The van der Waals surface area contributed by atoms with E-state index in [0.29, 0.717) is 18.8 Å². The van der Waals surface area contributed by atoms with Gasteiger partial charge in [0, 0.05) is 57.2 Å². The van der Waals surface area contributed by atoms with Crippen LogP contribution in [0.5, 0.6) is 0 Å². The zero-order chi connectivity index (χ0) is 19.4. The summed E-state index contributed by atoms with van der Waals surface area (Å²) in [7, 11) is 0. The second-order valence-corrected chi connectivity index (χ2v) is 6.75. The summed E-state index contributed by atoms with van der Waals surface area (Å²) < 4.78 is 3.42. The highest BCUT2D eigenvalue weighted by Crippen LogP contribution is 2.14. The van der Waals surface area contributed by atoms with Crippen LogP contribution in [0.4, 0.5) is 0 Å². The van der Waals surface area contributed by atoms with E-state index in [1.54, 1.807) is 12.3 Å². The molecule has 1 fully saturated rings. The first kappa shape index (κ1) is 19.1. The van der Waals surface area contributed by atoms with E-state index < -0.39 is 5.97 Å². The maximum Gasteiger partial charge on any atom is 0.305 e. The fraction of sp³-hybridized carbons (Fsp3) is 0.556. The standard InChI is InChI=1S/C18H26N6O3/c1-3-23-13-15(14(2)20-23)12-21-8-10-22(11-9-21)18(27)16-4-6-19-24(16)7-5-17(25)26/h4,6,13H,3,5,7-12H2,1-2H3,(H,25,26). The summed E-state index contributed by atoms with van der Waals surface area (Å²) in [4.78, 5) is 27.7. The van der Waals surface area contributed by atoms with Gasteiger partial charge >= 0.3 is 5.97 Å². The van der Waals surface area contributed by atoms with Crippen molar-refractivity contribution in [2.45, 2.75) is 39.9 Å². The van der Waals surface area contributed by atoms with E-state index in [0.717, 1.165) is 31.9 Å². The predicted octanol–water partition coefficient (Wildman–Crippen LogP) is 0.841. The third-order valence-electron chi connectivity index (χ3n) is 4.90. The Morgan fingerprint density at radius 2 is 1.96 bits per heavy atom. The van der Waals surface area contributed by atoms with Gasteiger partial charge in [-0.15, -0.1) is 0 Å². The summed E-state index contributed by atoms with van der Waals surface area (Å²) in [5.74, 6) is -0.994. The van der Waals surface area contributed by atoms with Gasteiger partial charge in [0.15, 0.2) is 0 Å². The number of hydrogen-bond acceptors (Lipinski definition) is 5. The Morgan fingerprint density at radius 3 is 2.59 bits per heavy atom. The molecule has 9 heteroatoms. The first-order valence-electron chi connectivity index (χ1n) is 9.26. The van der Waals surface area contributed by atoms with Crippen LogP contribution in [0, 0.1) is 6.92 Å². The third-order valence-corrected chi connectivity index (χ3v) is 4.90. The summed E-state index contributed by atoms with van der Waals surface area (Å²) in [6.07, 6.45) is 3.58. The van der Waals surface area contributed by atoms with Crippen LogP contribution in [0.15, 0.2) is 18.5 Å². The Morgan fingerprint density at radius 1 is 1.22 bits per heavy atom. The lowest BCUT2D eigenvalue weighted by Crippen LogP contribution is -2.48. The van der Waals surface area contributed by atoms with Gasteiger partial charge in [-0.3, -0.25) is 23.9 Å². The second kappa shape index (κ2) is 8.34. The van der Waals surface area contributed by atoms with E-state index in [1.165, 1.54) is 10.2 Å². The molecule has 2 aromatic rings. The molecule has 1 N–H and O–H groups in total. The topological polar surface area (TPSA) is 96.5 Å². The minimum Gasteiger partial charge on any atom is -0.481 e. The van der Waals surface area contributed by atoms with E-state index in [9.17, 15) is 9.59 Å². The van der Waals surface area contributed by atoms with Gasteiger partial charge in [-0.2, -0.15) is 10.2 Å². The average Bonchev–Trinajstić information content (AvgIpc) is 3.26. The first-order chi connectivity index (χ1) is 13.0. The number of aliphatic carboxylic acids is 1. The minimum atomic E-state index is -0.904. The molecule has 3 heterocycles. The van der Waals surface area contributed by atoms with Crippen LogP contribution in [0.1, 0.15) is 35.1 Å². The molecule has 1 saturated heterocycles. The van der Waals surface area contributed by atoms with E-state index in [4.69, 9.17) is 5.11 Å². The maximum absolute atomic E-state index is 12.8. The number of piperazine rings is 1. The van der Waals surface area contributed by atoms with Crippen molar-refractivity contribution in [3.05, 3.63) is 35.4 Å². The Kier molecular flexibility index (Phi) is 5.90. The molecule has 1 aliphatic heterocycles. The highest BCUT2D eigenvalue weighted by Gasteiger charge is 2.25. The summed E-state index contributed by atoms with van der Waals surface area (Å²) in [5, 5.41) is 17.4. The zero-order valence-electron chi connectivity index (χ0n) is 15.8. The Bertz CT molecular complexity index is 804. The van der Waals surface area contributed by atoms with Crippen molar-refractivity contribution in [2.75, 3.05) is 26.2 Å². The molecule has 1 amide bonds. The van der Waals surface area contributed by atoms with E-state index in [2.05, 4.69) is 28.2 Å². The van der Waals surface area contributed by atoms with E-state index in [-0.39, 0.29) is 18.9 Å². The molecule has 0 radical (unpaired) electrons. The van der Waals surface area contributed by atoms with Crippen molar-refractivity contribution in [3.63, 3.8) is 0 Å². The highest BCUT2D eigenvalue weighted by atomic mass is 16.4. The van der Waals surface area contributed by atoms with Crippen molar-refractivity contribution < 1.29 is 14.7 Å². The zero-order valence-corrected chi connectivity index (χ0v) is 15.8. The van der Waals surface area contributed by atoms with Gasteiger partial charge in [0.05, 0.1) is 18.7 Å². The number of carbonyl (C=O) groups excluding carboxylic acids is 1. The van der Waals surface area contributed by atoms with Gasteiger partial charge in [0.1, 0.15) is 5.69 Å². The molecule has 0 spiro atoms. The molecule has 2 aromatic heterocycles. The summed E-state index contributed by atoms with van der Waals surface area (Å²) >= 11 is 0. The largest absolute Gasteiger partial charge is 0.481 e. The molecular weight excluding hydrogens is 348 g/mol. The molecule has 9 nitrogen and oxygen atoms in total. The van der Waals surface area contributed by atoms with Crippen molar-refractivity contribution >= 4 is 11.9 Å². The number of aromatic nitrogens is 4. The number of carboxylic acid groups (broad SMARTS) is 1. The van der Waals surface area contributed by atoms with Gasteiger partial charge in [0.25, 0.3) is 5.91 Å². The normalized spacial score (nSPS) is 15.3. The smallest absolute Gasteiger partial charge is 0.305 e. The number of rotatable bonds is 7. The lowest BCUT2D eigenvalue weighted by Gasteiger charge is -2.34. The molecule has 0 aliphatic carbocycles. The predicted molar refractivity (Wildman–Crippen MR) is 98.3 cm³/mol. The fourth-order valence-corrected chi connectivity index (χ4v) is 3.28. The number of carbonyl (C=O) groups is 2. The lowest BCUT2D eigenvalue weighted by molar-refractivity contribution is -0.137. The number of nitrogens with zero attached hydrogens (tertiary/aromatic N) is 6. The maximum atomic E-state index is 12.8. The highest BCUT2D eigenvalue weighted by molar-refractivity contribution is 5.92. The molecular formula is C18H26N6O3.